The highest BCUT2D eigenvalue weighted by atomic mass is 16.4. The van der Waals surface area contributed by atoms with Crippen LogP contribution in [0, 0.1) is 0 Å². The van der Waals surface area contributed by atoms with E-state index in [4.69, 9.17) is 25.5 Å². The van der Waals surface area contributed by atoms with E-state index in [1.54, 1.807) is 0 Å². The molecule has 3 atom stereocenters. The molecule has 0 aliphatic carbocycles. The number of rotatable bonds is 7. The van der Waals surface area contributed by atoms with Gasteiger partial charge in [-0.1, -0.05) is 0 Å². The molecule has 0 heterocycles. The molecule has 5 N–H and O–H groups in total. The first-order valence-corrected chi connectivity index (χ1v) is 4.25. The van der Waals surface area contributed by atoms with Crippen LogP contribution in [-0.4, -0.2) is 74.4 Å². The molecule has 0 bridgehead atoms. The third-order valence-corrected chi connectivity index (χ3v) is 1.74. The van der Waals surface area contributed by atoms with Crippen molar-refractivity contribution in [3.8, 4) is 0 Å². The molecule has 8 nitrogen and oxygen atoms in total. The third-order valence-electron chi connectivity index (χ3n) is 1.74. The average Bonchev–Trinajstić information content (AvgIpc) is 2.32. The van der Waals surface area contributed by atoms with Gasteiger partial charge in [-0.05, 0) is 0 Å². The molecule has 0 aliphatic rings. The van der Waals surface area contributed by atoms with E-state index >= 15 is 0 Å². The standard InChI is InChI=1S/C8H12O8/c9-1-3(11)5(13)7(15)8(16)6(14)4(12)2-10/h3-5,9-13H,1-2H2. The van der Waals surface area contributed by atoms with E-state index in [2.05, 4.69) is 0 Å². The van der Waals surface area contributed by atoms with Crippen molar-refractivity contribution < 1.29 is 39.9 Å². The van der Waals surface area contributed by atoms with Crippen LogP contribution in [0.2, 0.25) is 0 Å². The van der Waals surface area contributed by atoms with Crippen LogP contribution in [0.15, 0.2) is 0 Å². The number of aliphatic hydroxyl groups is 5. The predicted molar refractivity (Wildman–Crippen MR) is 47.2 cm³/mol. The van der Waals surface area contributed by atoms with Gasteiger partial charge in [-0.15, -0.1) is 0 Å². The van der Waals surface area contributed by atoms with Crippen molar-refractivity contribution in [2.75, 3.05) is 13.2 Å². The van der Waals surface area contributed by atoms with Crippen molar-refractivity contribution in [1.29, 1.82) is 0 Å². The molecule has 16 heavy (non-hydrogen) atoms. The second-order valence-corrected chi connectivity index (χ2v) is 2.95. The van der Waals surface area contributed by atoms with Crippen LogP contribution in [0.25, 0.3) is 0 Å². The summed E-state index contributed by atoms with van der Waals surface area (Å²) in [5, 5.41) is 43.3. The van der Waals surface area contributed by atoms with Crippen LogP contribution in [-0.2, 0) is 14.4 Å². The lowest BCUT2D eigenvalue weighted by atomic mass is 10.0. The fourth-order valence-corrected chi connectivity index (χ4v) is 0.765. The van der Waals surface area contributed by atoms with E-state index in [1.165, 1.54) is 0 Å². The van der Waals surface area contributed by atoms with Crippen LogP contribution >= 0.6 is 0 Å². The van der Waals surface area contributed by atoms with Gasteiger partial charge in [0.15, 0.2) is 0 Å². The topological polar surface area (TPSA) is 152 Å². The van der Waals surface area contributed by atoms with Gasteiger partial charge in [0.2, 0.25) is 11.6 Å². The molecular formula is C8H12O8. The summed E-state index contributed by atoms with van der Waals surface area (Å²) in [5.74, 6) is -4.99. The smallest absolute Gasteiger partial charge is 0.269 e. The van der Waals surface area contributed by atoms with Crippen LogP contribution in [0.5, 0.6) is 0 Å². The van der Waals surface area contributed by atoms with Gasteiger partial charge >= 0.3 is 0 Å². The van der Waals surface area contributed by atoms with Gasteiger partial charge in [-0.3, -0.25) is 14.4 Å². The Balaban J connectivity index is 4.62. The molecular weight excluding hydrogens is 224 g/mol. The van der Waals surface area contributed by atoms with E-state index in [-0.39, 0.29) is 0 Å². The summed E-state index contributed by atoms with van der Waals surface area (Å²) >= 11 is 0. The molecule has 0 radical (unpaired) electrons. The van der Waals surface area contributed by atoms with E-state index in [1.807, 2.05) is 0 Å². The molecule has 0 aromatic heterocycles. The van der Waals surface area contributed by atoms with Gasteiger partial charge < -0.3 is 25.5 Å². The number of ketones is 3. The second kappa shape index (κ2) is 6.40. The van der Waals surface area contributed by atoms with Crippen molar-refractivity contribution in [2.45, 2.75) is 18.3 Å². The second-order valence-electron chi connectivity index (χ2n) is 2.95. The van der Waals surface area contributed by atoms with E-state index in [9.17, 15) is 14.4 Å². The van der Waals surface area contributed by atoms with Crippen molar-refractivity contribution in [2.24, 2.45) is 0 Å². The zero-order valence-corrected chi connectivity index (χ0v) is 8.11. The zero-order chi connectivity index (χ0) is 12.9. The van der Waals surface area contributed by atoms with Gasteiger partial charge in [0.25, 0.3) is 5.78 Å². The lowest BCUT2D eigenvalue weighted by Crippen LogP contribution is -2.45. The molecule has 0 saturated carbocycles. The Morgan fingerprint density at radius 1 is 0.875 bits per heavy atom. The highest BCUT2D eigenvalue weighted by Crippen LogP contribution is 1.98. The Bertz CT molecular complexity index is 286. The summed E-state index contributed by atoms with van der Waals surface area (Å²) < 4.78 is 0. The maximum atomic E-state index is 11.0. The molecule has 0 aromatic carbocycles. The normalized spacial score (nSPS) is 16.3. The monoisotopic (exact) mass is 236 g/mol. The highest BCUT2D eigenvalue weighted by Gasteiger charge is 2.35. The van der Waals surface area contributed by atoms with Crippen molar-refractivity contribution >= 4 is 17.3 Å². The molecule has 0 aliphatic heterocycles. The Morgan fingerprint density at radius 2 is 1.38 bits per heavy atom. The largest absolute Gasteiger partial charge is 0.394 e. The quantitative estimate of drug-likeness (QED) is 0.220. The number of hydrogen-bond donors (Lipinski definition) is 5. The number of hydrogen-bond acceptors (Lipinski definition) is 8. The van der Waals surface area contributed by atoms with Gasteiger partial charge in [0.1, 0.15) is 18.3 Å². The summed E-state index contributed by atoms with van der Waals surface area (Å²) in [5.41, 5.74) is 0. The maximum Gasteiger partial charge on any atom is 0.269 e. The minimum Gasteiger partial charge on any atom is -0.394 e. The number of carbonyl (C=O) groups is 3. The van der Waals surface area contributed by atoms with Crippen LogP contribution in [0.3, 0.4) is 0 Å². The Morgan fingerprint density at radius 3 is 1.75 bits per heavy atom. The maximum absolute atomic E-state index is 11.0. The molecule has 0 saturated heterocycles. The first kappa shape index (κ1) is 14.8. The third kappa shape index (κ3) is 3.43. The summed E-state index contributed by atoms with van der Waals surface area (Å²) in [6.07, 6.45) is -6.18. The summed E-state index contributed by atoms with van der Waals surface area (Å²) in [6, 6.07) is 0. The molecule has 8 heteroatoms. The van der Waals surface area contributed by atoms with Crippen molar-refractivity contribution in [3.05, 3.63) is 0 Å². The summed E-state index contributed by atoms with van der Waals surface area (Å²) in [6.45, 7) is -2.02. The number of aliphatic hydroxyl groups excluding tert-OH is 5. The molecule has 3 unspecified atom stereocenters. The summed E-state index contributed by atoms with van der Waals surface area (Å²) in [4.78, 5) is 32.9. The Labute approximate surface area is 89.7 Å². The molecule has 0 aromatic rings. The van der Waals surface area contributed by atoms with Gasteiger partial charge in [0, 0.05) is 0 Å². The number of Topliss-reactive ketones (excluding diaryl/α,β-unsaturated/α-hetero) is 3. The zero-order valence-electron chi connectivity index (χ0n) is 8.11. The highest BCUT2D eigenvalue weighted by molar-refractivity contribution is 6.65. The summed E-state index contributed by atoms with van der Waals surface area (Å²) in [7, 11) is 0. The lowest BCUT2D eigenvalue weighted by Gasteiger charge is -2.13. The van der Waals surface area contributed by atoms with Crippen molar-refractivity contribution in [3.63, 3.8) is 0 Å². The Hall–Kier alpha value is -1.19. The molecule has 0 fully saturated rings. The fraction of sp³-hybridized carbons (Fsp3) is 0.625. The molecule has 0 amide bonds. The Kier molecular flexibility index (Phi) is 5.93. The van der Waals surface area contributed by atoms with Crippen LogP contribution in [0.4, 0.5) is 0 Å². The van der Waals surface area contributed by atoms with E-state index in [0.29, 0.717) is 0 Å². The minimum absolute atomic E-state index is 0.975. The number of carbonyl (C=O) groups excluding carboxylic acids is 3. The average molecular weight is 236 g/mol. The van der Waals surface area contributed by atoms with Crippen LogP contribution < -0.4 is 0 Å². The SMILES string of the molecule is O=C(C(=O)C(O)CO)C(=O)C(O)C(O)CO. The van der Waals surface area contributed by atoms with E-state index < -0.39 is 48.9 Å². The van der Waals surface area contributed by atoms with E-state index in [0.717, 1.165) is 0 Å². The van der Waals surface area contributed by atoms with Crippen LogP contribution in [0.1, 0.15) is 0 Å². The van der Waals surface area contributed by atoms with Crippen molar-refractivity contribution in [1.82, 2.24) is 0 Å². The van der Waals surface area contributed by atoms with Gasteiger partial charge in [0.05, 0.1) is 13.2 Å². The molecule has 0 spiro atoms. The molecule has 92 valence electrons. The first-order chi connectivity index (χ1) is 7.36. The lowest BCUT2D eigenvalue weighted by molar-refractivity contribution is -0.153. The molecule has 0 rings (SSSR count). The first-order valence-electron chi connectivity index (χ1n) is 4.25. The fourth-order valence-electron chi connectivity index (χ4n) is 0.765. The minimum atomic E-state index is -2.24. The van der Waals surface area contributed by atoms with Gasteiger partial charge in [-0.2, -0.15) is 0 Å². The van der Waals surface area contributed by atoms with Gasteiger partial charge in [-0.25, -0.2) is 0 Å². The predicted octanol–water partition coefficient (Wildman–Crippen LogP) is -4.24.